The topological polar surface area (TPSA) is 45.5 Å². The summed E-state index contributed by atoms with van der Waals surface area (Å²) in [6, 6.07) is 4.15. The summed E-state index contributed by atoms with van der Waals surface area (Å²) in [5.41, 5.74) is 0.374. The van der Waals surface area contributed by atoms with Crippen LogP contribution in [0.25, 0.3) is 0 Å². The van der Waals surface area contributed by atoms with Gasteiger partial charge < -0.3 is 14.6 Å². The standard InChI is InChI=1S/C11H16N2O2/c1-12(9-4-5-9)7-8-13-6-2-3-10(13)11(14)15/h2-3,6,9H,4-5,7-8H2,1H3,(H,14,15). The Bertz CT molecular complexity index is 355. The van der Waals surface area contributed by atoms with Gasteiger partial charge in [0.05, 0.1) is 0 Å². The number of rotatable bonds is 5. The summed E-state index contributed by atoms with van der Waals surface area (Å²) in [6.07, 6.45) is 4.39. The van der Waals surface area contributed by atoms with Crippen molar-refractivity contribution in [2.45, 2.75) is 25.4 Å². The summed E-state index contributed by atoms with van der Waals surface area (Å²) in [5, 5.41) is 8.91. The second-order valence-corrected chi connectivity index (χ2v) is 4.10. The summed E-state index contributed by atoms with van der Waals surface area (Å²) in [7, 11) is 2.10. The molecule has 0 aliphatic heterocycles. The van der Waals surface area contributed by atoms with E-state index in [2.05, 4.69) is 11.9 Å². The minimum atomic E-state index is -0.853. The van der Waals surface area contributed by atoms with Crippen molar-refractivity contribution in [3.8, 4) is 0 Å². The molecule has 1 aliphatic carbocycles. The maximum absolute atomic E-state index is 10.8. The van der Waals surface area contributed by atoms with Gasteiger partial charge in [-0.15, -0.1) is 0 Å². The summed E-state index contributed by atoms with van der Waals surface area (Å²) in [4.78, 5) is 13.1. The molecule has 0 aromatic carbocycles. The first kappa shape index (κ1) is 10.2. The van der Waals surface area contributed by atoms with Crippen molar-refractivity contribution >= 4 is 5.97 Å². The number of carboxylic acid groups (broad SMARTS) is 1. The van der Waals surface area contributed by atoms with Gasteiger partial charge in [0.15, 0.2) is 0 Å². The monoisotopic (exact) mass is 208 g/mol. The van der Waals surface area contributed by atoms with Crippen LogP contribution in [0.3, 0.4) is 0 Å². The van der Waals surface area contributed by atoms with Crippen molar-refractivity contribution in [3.05, 3.63) is 24.0 Å². The van der Waals surface area contributed by atoms with Crippen LogP contribution in [0.15, 0.2) is 18.3 Å². The Morgan fingerprint density at radius 3 is 3.00 bits per heavy atom. The molecule has 1 aromatic rings. The largest absolute Gasteiger partial charge is 0.477 e. The average Bonchev–Trinajstić information content (AvgIpc) is 2.93. The lowest BCUT2D eigenvalue weighted by Gasteiger charge is -2.16. The van der Waals surface area contributed by atoms with E-state index >= 15 is 0 Å². The predicted octanol–water partition coefficient (Wildman–Crippen LogP) is 1.28. The highest BCUT2D eigenvalue weighted by atomic mass is 16.4. The first-order valence-electron chi connectivity index (χ1n) is 5.27. The van der Waals surface area contributed by atoms with Gasteiger partial charge >= 0.3 is 5.97 Å². The maximum Gasteiger partial charge on any atom is 0.352 e. The van der Waals surface area contributed by atoms with Crippen LogP contribution in [0.2, 0.25) is 0 Å². The molecule has 1 fully saturated rings. The van der Waals surface area contributed by atoms with E-state index in [4.69, 9.17) is 5.11 Å². The van der Waals surface area contributed by atoms with Crippen molar-refractivity contribution in [3.63, 3.8) is 0 Å². The van der Waals surface area contributed by atoms with Crippen LogP contribution in [-0.4, -0.2) is 40.2 Å². The second kappa shape index (κ2) is 4.06. The summed E-state index contributed by atoms with van der Waals surface area (Å²) in [5.74, 6) is -0.853. The van der Waals surface area contributed by atoms with Crippen LogP contribution < -0.4 is 0 Å². The van der Waals surface area contributed by atoms with Crippen LogP contribution in [0.4, 0.5) is 0 Å². The number of aromatic carboxylic acids is 1. The number of carbonyl (C=O) groups is 1. The fraction of sp³-hybridized carbons (Fsp3) is 0.545. The fourth-order valence-corrected chi connectivity index (χ4v) is 1.77. The van der Waals surface area contributed by atoms with Gasteiger partial charge in [-0.3, -0.25) is 0 Å². The van der Waals surface area contributed by atoms with E-state index in [9.17, 15) is 4.79 Å². The molecule has 1 N–H and O–H groups in total. The van der Waals surface area contributed by atoms with E-state index in [1.165, 1.54) is 12.8 Å². The number of nitrogens with zero attached hydrogens (tertiary/aromatic N) is 2. The van der Waals surface area contributed by atoms with Gasteiger partial charge in [0.1, 0.15) is 5.69 Å². The van der Waals surface area contributed by atoms with E-state index in [1.807, 2.05) is 6.20 Å². The molecule has 0 bridgehead atoms. The normalized spacial score (nSPS) is 15.9. The van der Waals surface area contributed by atoms with E-state index in [0.29, 0.717) is 5.69 Å². The van der Waals surface area contributed by atoms with Crippen molar-refractivity contribution in [1.82, 2.24) is 9.47 Å². The number of hydrogen-bond donors (Lipinski definition) is 1. The first-order chi connectivity index (χ1) is 7.18. The quantitative estimate of drug-likeness (QED) is 0.792. The summed E-state index contributed by atoms with van der Waals surface area (Å²) >= 11 is 0. The Kier molecular flexibility index (Phi) is 2.77. The molecule has 2 rings (SSSR count). The van der Waals surface area contributed by atoms with Crippen LogP contribution in [0.5, 0.6) is 0 Å². The van der Waals surface area contributed by atoms with E-state index < -0.39 is 5.97 Å². The summed E-state index contributed by atoms with van der Waals surface area (Å²) < 4.78 is 1.79. The molecule has 0 spiro atoms. The SMILES string of the molecule is CN(CCn1cccc1C(=O)O)C1CC1. The number of carboxylic acids is 1. The molecule has 0 saturated heterocycles. The third kappa shape index (κ3) is 2.39. The number of likely N-dealkylation sites (N-methyl/N-ethyl adjacent to an activating group) is 1. The Labute approximate surface area is 89.1 Å². The van der Waals surface area contributed by atoms with Crippen LogP contribution in [-0.2, 0) is 6.54 Å². The van der Waals surface area contributed by atoms with Crippen LogP contribution >= 0.6 is 0 Å². The van der Waals surface area contributed by atoms with Gasteiger partial charge in [-0.25, -0.2) is 4.79 Å². The molecule has 82 valence electrons. The van der Waals surface area contributed by atoms with Gasteiger partial charge in [0.25, 0.3) is 0 Å². The van der Waals surface area contributed by atoms with Crippen molar-refractivity contribution in [2.24, 2.45) is 0 Å². The Morgan fingerprint density at radius 1 is 1.67 bits per heavy atom. The molecule has 1 saturated carbocycles. The van der Waals surface area contributed by atoms with Gasteiger partial charge in [-0.1, -0.05) is 0 Å². The molecule has 4 heteroatoms. The third-order valence-electron chi connectivity index (χ3n) is 2.91. The van der Waals surface area contributed by atoms with E-state index in [1.54, 1.807) is 16.7 Å². The molecular formula is C11H16N2O2. The van der Waals surface area contributed by atoms with Crippen molar-refractivity contribution < 1.29 is 9.90 Å². The Hall–Kier alpha value is -1.29. The lowest BCUT2D eigenvalue weighted by molar-refractivity contribution is 0.0684. The average molecular weight is 208 g/mol. The van der Waals surface area contributed by atoms with Gasteiger partial charge in [-0.2, -0.15) is 0 Å². The van der Waals surface area contributed by atoms with Crippen LogP contribution in [0.1, 0.15) is 23.3 Å². The number of aromatic nitrogens is 1. The zero-order valence-electron chi connectivity index (χ0n) is 8.89. The zero-order valence-corrected chi connectivity index (χ0v) is 8.89. The highest BCUT2D eigenvalue weighted by Gasteiger charge is 2.25. The van der Waals surface area contributed by atoms with Gasteiger partial charge in [-0.05, 0) is 32.0 Å². The van der Waals surface area contributed by atoms with Gasteiger partial charge in [0.2, 0.25) is 0 Å². The number of hydrogen-bond acceptors (Lipinski definition) is 2. The Balaban J connectivity index is 1.92. The minimum Gasteiger partial charge on any atom is -0.477 e. The van der Waals surface area contributed by atoms with Crippen LogP contribution in [0, 0.1) is 0 Å². The third-order valence-corrected chi connectivity index (χ3v) is 2.91. The fourth-order valence-electron chi connectivity index (χ4n) is 1.77. The lowest BCUT2D eigenvalue weighted by Crippen LogP contribution is -2.26. The molecule has 1 aromatic heterocycles. The van der Waals surface area contributed by atoms with Gasteiger partial charge in [0, 0.05) is 25.3 Å². The van der Waals surface area contributed by atoms with E-state index in [-0.39, 0.29) is 0 Å². The highest BCUT2D eigenvalue weighted by molar-refractivity contribution is 5.85. The zero-order chi connectivity index (χ0) is 10.8. The smallest absolute Gasteiger partial charge is 0.352 e. The van der Waals surface area contributed by atoms with Crippen molar-refractivity contribution in [2.75, 3.05) is 13.6 Å². The molecular weight excluding hydrogens is 192 g/mol. The molecule has 1 heterocycles. The molecule has 0 radical (unpaired) electrons. The maximum atomic E-state index is 10.8. The second-order valence-electron chi connectivity index (χ2n) is 4.10. The summed E-state index contributed by atoms with van der Waals surface area (Å²) in [6.45, 7) is 1.67. The molecule has 1 aliphatic rings. The molecule has 0 atom stereocenters. The molecule has 15 heavy (non-hydrogen) atoms. The predicted molar refractivity (Wildman–Crippen MR) is 57.0 cm³/mol. The molecule has 0 amide bonds. The highest BCUT2D eigenvalue weighted by Crippen LogP contribution is 2.24. The first-order valence-corrected chi connectivity index (χ1v) is 5.27. The molecule has 0 unspecified atom stereocenters. The Morgan fingerprint density at radius 2 is 2.40 bits per heavy atom. The molecule has 4 nitrogen and oxygen atoms in total. The van der Waals surface area contributed by atoms with E-state index in [0.717, 1.165) is 19.1 Å². The van der Waals surface area contributed by atoms with Crippen molar-refractivity contribution in [1.29, 1.82) is 0 Å². The lowest BCUT2D eigenvalue weighted by atomic mass is 10.4. The minimum absolute atomic E-state index is 0.374.